The van der Waals surface area contributed by atoms with Gasteiger partial charge in [0.2, 0.25) is 10.0 Å². The van der Waals surface area contributed by atoms with Gasteiger partial charge in [0.15, 0.2) is 0 Å². The SMILES string of the molecule is COC(=O)c1c2cccccc-2c(Br)c1-c1ccc(S(=O)(=O)NC(C)(C)C)cc1. The molecule has 0 fully saturated rings. The summed E-state index contributed by atoms with van der Waals surface area (Å²) in [5.74, 6) is -0.451. The Kier molecular flexibility index (Phi) is 5.85. The van der Waals surface area contributed by atoms with Crippen LogP contribution in [0.15, 0.2) is 64.0 Å². The number of hydrogen-bond donors (Lipinski definition) is 1. The number of benzene rings is 1. The Bertz CT molecular complexity index is 1130. The van der Waals surface area contributed by atoms with Crippen molar-refractivity contribution in [2.24, 2.45) is 0 Å². The van der Waals surface area contributed by atoms with Gasteiger partial charge in [-0.05, 0) is 65.5 Å². The number of methoxy groups -OCH3 is 1. The zero-order valence-electron chi connectivity index (χ0n) is 16.6. The number of carbonyl (C=O) groups excluding carboxylic acids is 1. The standard InChI is InChI=1S/C22H22BrNO4S/c1-22(2,3)24-29(26,27)15-12-10-14(11-13-15)18-19(21(25)28-4)16-8-6-5-7-9-17(16)20(18)23/h5-13,24H,1-4H3. The summed E-state index contributed by atoms with van der Waals surface area (Å²) in [5.41, 5.74) is 2.87. The number of hydrogen-bond acceptors (Lipinski definition) is 4. The summed E-state index contributed by atoms with van der Waals surface area (Å²) in [4.78, 5) is 12.7. The molecule has 0 aromatic heterocycles. The molecule has 0 amide bonds. The highest BCUT2D eigenvalue weighted by atomic mass is 79.9. The average molecular weight is 476 g/mol. The fourth-order valence-electron chi connectivity index (χ4n) is 3.18. The molecule has 1 aromatic carbocycles. The highest BCUT2D eigenvalue weighted by Gasteiger charge is 2.28. The first-order chi connectivity index (χ1) is 13.5. The second-order valence-electron chi connectivity index (χ2n) is 7.67. The summed E-state index contributed by atoms with van der Waals surface area (Å²) in [7, 11) is -2.30. The number of esters is 1. The summed E-state index contributed by atoms with van der Waals surface area (Å²) in [6.45, 7) is 5.36. The molecule has 0 saturated carbocycles. The summed E-state index contributed by atoms with van der Waals surface area (Å²) in [6, 6.07) is 15.9. The lowest BCUT2D eigenvalue weighted by molar-refractivity contribution is 0.0603. The first-order valence-electron chi connectivity index (χ1n) is 8.98. The van der Waals surface area contributed by atoms with E-state index in [0.717, 1.165) is 15.6 Å². The molecular weight excluding hydrogens is 454 g/mol. The molecule has 3 rings (SSSR count). The number of carbonyl (C=O) groups is 1. The van der Waals surface area contributed by atoms with Crippen LogP contribution in [0.3, 0.4) is 0 Å². The number of sulfonamides is 1. The summed E-state index contributed by atoms with van der Waals surface area (Å²) < 4.78 is 33.5. The number of ether oxygens (including phenoxy) is 1. The second-order valence-corrected chi connectivity index (χ2v) is 10.1. The average Bonchev–Trinajstić information content (AvgIpc) is 2.79. The fraction of sp³-hybridized carbons (Fsp3) is 0.227. The molecule has 0 radical (unpaired) electrons. The van der Waals surface area contributed by atoms with Gasteiger partial charge in [0.05, 0.1) is 17.6 Å². The minimum atomic E-state index is -3.65. The molecule has 0 unspecified atom stereocenters. The Balaban J connectivity index is 2.16. The van der Waals surface area contributed by atoms with Gasteiger partial charge in [-0.15, -0.1) is 0 Å². The van der Waals surface area contributed by atoms with Crippen LogP contribution in [0.4, 0.5) is 0 Å². The zero-order chi connectivity index (χ0) is 21.4. The van der Waals surface area contributed by atoms with Crippen molar-refractivity contribution in [1.29, 1.82) is 0 Å². The lowest BCUT2D eigenvalue weighted by atomic mass is 10.0. The van der Waals surface area contributed by atoms with Crippen LogP contribution in [0.1, 0.15) is 31.1 Å². The van der Waals surface area contributed by atoms with Crippen molar-refractivity contribution >= 4 is 31.9 Å². The highest BCUT2D eigenvalue weighted by Crippen LogP contribution is 2.46. The molecule has 5 nitrogen and oxygen atoms in total. The zero-order valence-corrected chi connectivity index (χ0v) is 19.0. The van der Waals surface area contributed by atoms with Gasteiger partial charge in [0.1, 0.15) is 0 Å². The smallest absolute Gasteiger partial charge is 0.339 e. The monoisotopic (exact) mass is 475 g/mol. The van der Waals surface area contributed by atoms with Gasteiger partial charge >= 0.3 is 5.97 Å². The Morgan fingerprint density at radius 1 is 0.966 bits per heavy atom. The predicted molar refractivity (Wildman–Crippen MR) is 118 cm³/mol. The molecule has 0 spiro atoms. The maximum atomic E-state index is 12.6. The van der Waals surface area contributed by atoms with Crippen molar-refractivity contribution in [2.75, 3.05) is 7.11 Å². The van der Waals surface area contributed by atoms with Crippen LogP contribution in [0.5, 0.6) is 0 Å². The number of rotatable bonds is 4. The van der Waals surface area contributed by atoms with E-state index < -0.39 is 21.5 Å². The second kappa shape index (κ2) is 7.89. The van der Waals surface area contributed by atoms with Gasteiger partial charge in [-0.25, -0.2) is 17.9 Å². The lowest BCUT2D eigenvalue weighted by Crippen LogP contribution is -2.40. The van der Waals surface area contributed by atoms with Gasteiger partial charge in [0.25, 0.3) is 0 Å². The topological polar surface area (TPSA) is 72.5 Å². The van der Waals surface area contributed by atoms with Gasteiger partial charge < -0.3 is 4.74 Å². The summed E-state index contributed by atoms with van der Waals surface area (Å²) in [6.07, 6.45) is 0. The normalized spacial score (nSPS) is 12.2. The van der Waals surface area contributed by atoms with Crippen molar-refractivity contribution in [3.8, 4) is 22.3 Å². The molecule has 0 atom stereocenters. The molecule has 7 heteroatoms. The molecule has 0 saturated heterocycles. The van der Waals surface area contributed by atoms with E-state index in [0.29, 0.717) is 16.7 Å². The highest BCUT2D eigenvalue weighted by molar-refractivity contribution is 9.10. The fourth-order valence-corrected chi connectivity index (χ4v) is 5.38. The minimum Gasteiger partial charge on any atom is -0.465 e. The van der Waals surface area contributed by atoms with E-state index in [1.165, 1.54) is 19.2 Å². The van der Waals surface area contributed by atoms with Crippen LogP contribution >= 0.6 is 15.9 Å². The Hall–Kier alpha value is -2.22. The third-order valence-electron chi connectivity index (χ3n) is 4.30. The molecule has 0 bridgehead atoms. The number of fused-ring (bicyclic) bond motifs is 1. The quantitative estimate of drug-likeness (QED) is 0.533. The Labute approximate surface area is 179 Å². The molecule has 0 aliphatic heterocycles. The van der Waals surface area contributed by atoms with E-state index in [4.69, 9.17) is 4.74 Å². The van der Waals surface area contributed by atoms with Gasteiger partial charge in [-0.1, -0.05) is 42.5 Å². The summed E-state index contributed by atoms with van der Waals surface area (Å²) >= 11 is 3.62. The lowest BCUT2D eigenvalue weighted by Gasteiger charge is -2.20. The van der Waals surface area contributed by atoms with Crippen molar-refractivity contribution in [2.45, 2.75) is 31.2 Å². The van der Waals surface area contributed by atoms with Crippen LogP contribution in [-0.4, -0.2) is 27.0 Å². The molecule has 152 valence electrons. The van der Waals surface area contributed by atoms with Crippen LogP contribution < -0.4 is 4.72 Å². The largest absolute Gasteiger partial charge is 0.465 e. The van der Waals surface area contributed by atoms with E-state index in [2.05, 4.69) is 20.7 Å². The summed E-state index contributed by atoms with van der Waals surface area (Å²) in [5, 5.41) is 0. The van der Waals surface area contributed by atoms with E-state index >= 15 is 0 Å². The van der Waals surface area contributed by atoms with Crippen LogP contribution in [0, 0.1) is 0 Å². The number of halogens is 1. The van der Waals surface area contributed by atoms with Crippen LogP contribution in [0.2, 0.25) is 0 Å². The van der Waals surface area contributed by atoms with Gasteiger partial charge in [0, 0.05) is 15.6 Å². The van der Waals surface area contributed by atoms with Gasteiger partial charge in [-0.2, -0.15) is 0 Å². The Morgan fingerprint density at radius 2 is 1.55 bits per heavy atom. The van der Waals surface area contributed by atoms with Crippen molar-refractivity contribution in [3.05, 3.63) is 64.6 Å². The van der Waals surface area contributed by atoms with E-state index in [1.54, 1.807) is 32.9 Å². The van der Waals surface area contributed by atoms with Crippen molar-refractivity contribution in [3.63, 3.8) is 0 Å². The van der Waals surface area contributed by atoms with Crippen molar-refractivity contribution in [1.82, 2.24) is 4.72 Å². The predicted octanol–water partition coefficient (Wildman–Crippen LogP) is 5.08. The maximum Gasteiger partial charge on any atom is 0.339 e. The third-order valence-corrected chi connectivity index (χ3v) is 6.89. The molecular formula is C22H22BrNO4S. The molecule has 2 aliphatic carbocycles. The van der Waals surface area contributed by atoms with Crippen LogP contribution in [0.25, 0.3) is 22.3 Å². The first kappa shape index (κ1) is 21.5. The molecule has 2 aliphatic rings. The van der Waals surface area contributed by atoms with Crippen LogP contribution in [-0.2, 0) is 14.8 Å². The third kappa shape index (κ3) is 4.37. The van der Waals surface area contributed by atoms with Crippen molar-refractivity contribution < 1.29 is 17.9 Å². The molecule has 1 aromatic rings. The maximum absolute atomic E-state index is 12.6. The van der Waals surface area contributed by atoms with Gasteiger partial charge in [-0.3, -0.25) is 0 Å². The number of nitrogens with one attached hydrogen (secondary N) is 1. The van der Waals surface area contributed by atoms with E-state index in [9.17, 15) is 13.2 Å². The Morgan fingerprint density at radius 3 is 2.10 bits per heavy atom. The molecule has 0 heterocycles. The minimum absolute atomic E-state index is 0.162. The first-order valence-corrected chi connectivity index (χ1v) is 11.3. The molecule has 1 N–H and O–H groups in total. The van der Waals surface area contributed by atoms with E-state index in [-0.39, 0.29) is 4.90 Å². The molecule has 29 heavy (non-hydrogen) atoms. The van der Waals surface area contributed by atoms with E-state index in [1.807, 2.05) is 30.3 Å².